The SMILES string of the molecule is Cc1nc(-c2ccccc2)c(C(=O)O[C@@H](C)C(=O)Nc2sccc2C#N)s1. The highest BCUT2D eigenvalue weighted by Gasteiger charge is 2.25. The van der Waals surface area contributed by atoms with Crippen LogP contribution in [0.2, 0.25) is 0 Å². The third-order valence-electron chi connectivity index (χ3n) is 3.64. The summed E-state index contributed by atoms with van der Waals surface area (Å²) in [6.45, 7) is 3.30. The zero-order valence-electron chi connectivity index (χ0n) is 14.6. The predicted molar refractivity (Wildman–Crippen MR) is 105 cm³/mol. The molecule has 8 heteroatoms. The number of thiazole rings is 1. The summed E-state index contributed by atoms with van der Waals surface area (Å²) in [5.74, 6) is -1.10. The van der Waals surface area contributed by atoms with E-state index in [0.29, 0.717) is 21.1 Å². The summed E-state index contributed by atoms with van der Waals surface area (Å²) >= 11 is 2.46. The molecule has 27 heavy (non-hydrogen) atoms. The molecule has 136 valence electrons. The van der Waals surface area contributed by atoms with Gasteiger partial charge >= 0.3 is 5.97 Å². The molecule has 0 saturated heterocycles. The van der Waals surface area contributed by atoms with Gasteiger partial charge in [-0.15, -0.1) is 22.7 Å². The number of amides is 1. The van der Waals surface area contributed by atoms with Gasteiger partial charge in [0.1, 0.15) is 15.9 Å². The van der Waals surface area contributed by atoms with Crippen molar-refractivity contribution in [3.63, 3.8) is 0 Å². The Morgan fingerprint density at radius 3 is 2.70 bits per heavy atom. The van der Waals surface area contributed by atoms with E-state index in [2.05, 4.69) is 10.3 Å². The molecule has 0 aliphatic carbocycles. The summed E-state index contributed by atoms with van der Waals surface area (Å²) in [5, 5.41) is 14.5. The molecule has 6 nitrogen and oxygen atoms in total. The number of carbonyl (C=O) groups is 2. The molecule has 1 aromatic carbocycles. The Bertz CT molecular complexity index is 1020. The Labute approximate surface area is 164 Å². The van der Waals surface area contributed by atoms with E-state index in [9.17, 15) is 9.59 Å². The lowest BCUT2D eigenvalue weighted by molar-refractivity contribution is -0.123. The van der Waals surface area contributed by atoms with Crippen LogP contribution in [-0.4, -0.2) is 23.0 Å². The molecule has 0 unspecified atom stereocenters. The predicted octanol–water partition coefficient (Wildman–Crippen LogP) is 4.24. The van der Waals surface area contributed by atoms with Crippen molar-refractivity contribution in [3.05, 3.63) is 57.2 Å². The minimum Gasteiger partial charge on any atom is -0.448 e. The number of rotatable bonds is 5. The number of esters is 1. The second-order valence-corrected chi connectivity index (χ2v) is 7.71. The zero-order chi connectivity index (χ0) is 19.4. The van der Waals surface area contributed by atoms with Gasteiger partial charge in [0.25, 0.3) is 5.91 Å². The third-order valence-corrected chi connectivity index (χ3v) is 5.42. The highest BCUT2D eigenvalue weighted by atomic mass is 32.1. The summed E-state index contributed by atoms with van der Waals surface area (Å²) in [6, 6.07) is 12.9. The van der Waals surface area contributed by atoms with Crippen molar-refractivity contribution in [1.29, 1.82) is 5.26 Å². The summed E-state index contributed by atoms with van der Waals surface area (Å²) in [4.78, 5) is 29.7. The molecule has 2 heterocycles. The lowest BCUT2D eigenvalue weighted by Gasteiger charge is -2.12. The Hall–Kier alpha value is -3.02. The van der Waals surface area contributed by atoms with Gasteiger partial charge in [-0.2, -0.15) is 5.26 Å². The lowest BCUT2D eigenvalue weighted by Crippen LogP contribution is -2.29. The van der Waals surface area contributed by atoms with Crippen LogP contribution in [0.4, 0.5) is 5.00 Å². The van der Waals surface area contributed by atoms with Crippen LogP contribution in [0.25, 0.3) is 11.3 Å². The van der Waals surface area contributed by atoms with Gasteiger partial charge in [-0.05, 0) is 25.3 Å². The molecule has 0 fully saturated rings. The highest BCUT2D eigenvalue weighted by Crippen LogP contribution is 2.29. The number of aryl methyl sites for hydroxylation is 1. The molecule has 1 atom stereocenters. The number of nitriles is 1. The van der Waals surface area contributed by atoms with Gasteiger partial charge in [0.2, 0.25) is 0 Å². The Morgan fingerprint density at radius 1 is 1.26 bits per heavy atom. The standard InChI is InChI=1S/C19H15N3O3S2/c1-11(17(23)22-18-14(10-20)8-9-26-18)25-19(24)16-15(21-12(2)27-16)13-6-4-3-5-7-13/h3-9,11H,1-2H3,(H,22,23)/t11-/m0/s1. The minimum atomic E-state index is -1.02. The fraction of sp³-hybridized carbons (Fsp3) is 0.158. The number of nitrogens with zero attached hydrogens (tertiary/aromatic N) is 2. The number of aromatic nitrogens is 1. The van der Waals surface area contributed by atoms with Crippen LogP contribution < -0.4 is 5.32 Å². The molecule has 0 aliphatic rings. The summed E-state index contributed by atoms with van der Waals surface area (Å²) in [6.07, 6.45) is -1.02. The van der Waals surface area contributed by atoms with Crippen molar-refractivity contribution in [2.24, 2.45) is 0 Å². The van der Waals surface area contributed by atoms with E-state index in [1.807, 2.05) is 43.3 Å². The third kappa shape index (κ3) is 4.22. The molecular weight excluding hydrogens is 382 g/mol. The van der Waals surface area contributed by atoms with Crippen LogP contribution in [0.15, 0.2) is 41.8 Å². The van der Waals surface area contributed by atoms with Crippen LogP contribution >= 0.6 is 22.7 Å². The normalized spacial score (nSPS) is 11.4. The molecule has 3 rings (SSSR count). The number of hydrogen-bond acceptors (Lipinski definition) is 7. The topological polar surface area (TPSA) is 92.1 Å². The highest BCUT2D eigenvalue weighted by molar-refractivity contribution is 7.14. The first-order valence-electron chi connectivity index (χ1n) is 8.02. The molecule has 0 radical (unpaired) electrons. The molecule has 0 spiro atoms. The van der Waals surface area contributed by atoms with Crippen molar-refractivity contribution in [1.82, 2.24) is 4.98 Å². The van der Waals surface area contributed by atoms with Gasteiger partial charge in [0.15, 0.2) is 6.10 Å². The monoisotopic (exact) mass is 397 g/mol. The van der Waals surface area contributed by atoms with Gasteiger partial charge in [0, 0.05) is 5.56 Å². The van der Waals surface area contributed by atoms with Crippen LogP contribution in [0.3, 0.4) is 0 Å². The summed E-state index contributed by atoms with van der Waals surface area (Å²) < 4.78 is 5.34. The summed E-state index contributed by atoms with van der Waals surface area (Å²) in [5.41, 5.74) is 1.72. The van der Waals surface area contributed by atoms with Crippen molar-refractivity contribution in [2.75, 3.05) is 5.32 Å². The van der Waals surface area contributed by atoms with Crippen LogP contribution in [0.5, 0.6) is 0 Å². The molecule has 1 N–H and O–H groups in total. The molecule has 0 aliphatic heterocycles. The van der Waals surface area contributed by atoms with Gasteiger partial charge in [-0.25, -0.2) is 9.78 Å². The maximum atomic E-state index is 12.6. The Morgan fingerprint density at radius 2 is 2.00 bits per heavy atom. The second kappa shape index (κ2) is 8.12. The Balaban J connectivity index is 1.74. The van der Waals surface area contributed by atoms with E-state index in [1.54, 1.807) is 11.4 Å². The van der Waals surface area contributed by atoms with E-state index < -0.39 is 18.0 Å². The average molecular weight is 397 g/mol. The van der Waals surface area contributed by atoms with Crippen LogP contribution in [0.1, 0.15) is 27.2 Å². The van der Waals surface area contributed by atoms with E-state index in [0.717, 1.165) is 10.6 Å². The Kier molecular flexibility index (Phi) is 5.64. The van der Waals surface area contributed by atoms with Gasteiger partial charge in [-0.1, -0.05) is 30.3 Å². The molecule has 0 saturated carbocycles. The van der Waals surface area contributed by atoms with E-state index >= 15 is 0 Å². The number of carbonyl (C=O) groups excluding carboxylic acids is 2. The van der Waals surface area contributed by atoms with E-state index in [-0.39, 0.29) is 0 Å². The molecule has 2 aromatic heterocycles. The van der Waals surface area contributed by atoms with Crippen LogP contribution in [-0.2, 0) is 9.53 Å². The van der Waals surface area contributed by atoms with Crippen molar-refractivity contribution in [3.8, 4) is 17.3 Å². The van der Waals surface area contributed by atoms with E-state index in [4.69, 9.17) is 10.00 Å². The molecule has 1 amide bonds. The van der Waals surface area contributed by atoms with Gasteiger partial charge in [0.05, 0.1) is 16.3 Å². The molecular formula is C19H15N3O3S2. The number of ether oxygens (including phenoxy) is 1. The van der Waals surface area contributed by atoms with Crippen molar-refractivity contribution in [2.45, 2.75) is 20.0 Å². The first-order chi connectivity index (χ1) is 13.0. The maximum absolute atomic E-state index is 12.6. The number of benzene rings is 1. The largest absolute Gasteiger partial charge is 0.448 e. The lowest BCUT2D eigenvalue weighted by atomic mass is 10.1. The fourth-order valence-corrected chi connectivity index (χ4v) is 3.90. The zero-order valence-corrected chi connectivity index (χ0v) is 16.2. The number of nitrogens with one attached hydrogen (secondary N) is 1. The van der Waals surface area contributed by atoms with Gasteiger partial charge < -0.3 is 10.1 Å². The average Bonchev–Trinajstić information content (AvgIpc) is 3.28. The van der Waals surface area contributed by atoms with Crippen LogP contribution in [0, 0.1) is 18.3 Å². The second-order valence-electron chi connectivity index (χ2n) is 5.59. The molecule has 0 bridgehead atoms. The minimum absolute atomic E-state index is 0.354. The van der Waals surface area contributed by atoms with Crippen molar-refractivity contribution >= 4 is 39.6 Å². The first-order valence-corrected chi connectivity index (χ1v) is 9.71. The number of anilines is 1. The van der Waals surface area contributed by atoms with Gasteiger partial charge in [-0.3, -0.25) is 4.79 Å². The van der Waals surface area contributed by atoms with Crippen molar-refractivity contribution < 1.29 is 14.3 Å². The summed E-state index contributed by atoms with van der Waals surface area (Å²) in [7, 11) is 0. The number of hydrogen-bond donors (Lipinski definition) is 1. The fourth-order valence-electron chi connectivity index (χ4n) is 2.33. The maximum Gasteiger partial charge on any atom is 0.351 e. The first kappa shape index (κ1) is 18.8. The molecule has 3 aromatic rings. The quantitative estimate of drug-likeness (QED) is 0.650. The number of thiophene rings is 1. The smallest absolute Gasteiger partial charge is 0.351 e. The van der Waals surface area contributed by atoms with E-state index in [1.165, 1.54) is 29.6 Å².